The number of hydrogen-bond acceptors (Lipinski definition) is 4. The van der Waals surface area contributed by atoms with Crippen LogP contribution in [0.3, 0.4) is 0 Å². The van der Waals surface area contributed by atoms with Crippen LogP contribution in [0.2, 0.25) is 0 Å². The monoisotopic (exact) mass is 252 g/mol. The zero-order valence-electron chi connectivity index (χ0n) is 10.4. The quantitative estimate of drug-likeness (QED) is 0.806. The fraction of sp³-hybridized carbons (Fsp3) is 0.538. The molecule has 17 heavy (non-hydrogen) atoms. The summed E-state index contributed by atoms with van der Waals surface area (Å²) in [4.78, 5) is 3.47. The van der Waals surface area contributed by atoms with Crippen LogP contribution in [-0.2, 0) is 6.54 Å². The average Bonchev–Trinajstić information content (AvgIpc) is 2.68. The second-order valence-corrected chi connectivity index (χ2v) is 5.68. The van der Waals surface area contributed by atoms with Crippen molar-refractivity contribution in [2.45, 2.75) is 30.4 Å². The molecule has 0 spiro atoms. The molecule has 1 atom stereocenters. The third-order valence-electron chi connectivity index (χ3n) is 3.32. The van der Waals surface area contributed by atoms with Crippen molar-refractivity contribution in [3.05, 3.63) is 23.8 Å². The van der Waals surface area contributed by atoms with E-state index in [0.717, 1.165) is 13.0 Å². The summed E-state index contributed by atoms with van der Waals surface area (Å²) in [5.41, 5.74) is 7.66. The van der Waals surface area contributed by atoms with Crippen LogP contribution >= 0.6 is 11.8 Å². The van der Waals surface area contributed by atoms with Gasteiger partial charge in [-0.05, 0) is 31.7 Å². The molecule has 1 aromatic rings. The van der Waals surface area contributed by atoms with E-state index in [1.165, 1.54) is 16.1 Å². The molecule has 2 rings (SSSR count). The van der Waals surface area contributed by atoms with Gasteiger partial charge in [-0.25, -0.2) is 0 Å². The minimum atomic E-state index is -0.568. The van der Waals surface area contributed by atoms with E-state index in [1.807, 2.05) is 6.92 Å². The summed E-state index contributed by atoms with van der Waals surface area (Å²) in [7, 11) is 0. The van der Waals surface area contributed by atoms with E-state index in [1.54, 1.807) is 11.8 Å². The van der Waals surface area contributed by atoms with Gasteiger partial charge in [0.25, 0.3) is 0 Å². The van der Waals surface area contributed by atoms with Crippen LogP contribution in [0.4, 0.5) is 5.69 Å². The van der Waals surface area contributed by atoms with Crippen molar-refractivity contribution in [1.29, 1.82) is 0 Å². The van der Waals surface area contributed by atoms with Gasteiger partial charge in [-0.2, -0.15) is 0 Å². The lowest BCUT2D eigenvalue weighted by Gasteiger charge is -2.24. The van der Waals surface area contributed by atoms with Crippen molar-refractivity contribution >= 4 is 17.4 Å². The third kappa shape index (κ3) is 2.59. The van der Waals surface area contributed by atoms with Crippen molar-refractivity contribution in [2.24, 2.45) is 5.73 Å². The molecule has 1 aliphatic rings. The first-order chi connectivity index (χ1) is 8.07. The molecule has 0 aromatic heterocycles. The first-order valence-corrected chi connectivity index (χ1v) is 7.13. The second kappa shape index (κ2) is 4.88. The fourth-order valence-electron chi connectivity index (χ4n) is 2.40. The minimum absolute atomic E-state index is 0.547. The van der Waals surface area contributed by atoms with E-state index in [0.29, 0.717) is 13.1 Å². The molecule has 1 heterocycles. The molecule has 3 nitrogen and oxygen atoms in total. The van der Waals surface area contributed by atoms with Gasteiger partial charge in [0.15, 0.2) is 0 Å². The maximum Gasteiger partial charge on any atom is 0.0810 e. The molecule has 0 saturated carbocycles. The summed E-state index contributed by atoms with van der Waals surface area (Å²) in [5, 5.41) is 10.0. The number of anilines is 1. The molecular formula is C13H20N2OS. The number of nitrogens with zero attached hydrogens (tertiary/aromatic N) is 1. The van der Waals surface area contributed by atoms with E-state index in [9.17, 15) is 5.11 Å². The second-order valence-electron chi connectivity index (χ2n) is 4.83. The summed E-state index contributed by atoms with van der Waals surface area (Å²) >= 11 is 1.72. The lowest BCUT2D eigenvalue weighted by Crippen LogP contribution is -2.30. The van der Waals surface area contributed by atoms with Gasteiger partial charge in [-0.15, -0.1) is 11.8 Å². The van der Waals surface area contributed by atoms with E-state index in [2.05, 4.69) is 29.4 Å². The summed E-state index contributed by atoms with van der Waals surface area (Å²) in [6.45, 7) is 4.04. The lowest BCUT2D eigenvalue weighted by molar-refractivity contribution is 0.0839. The van der Waals surface area contributed by atoms with Gasteiger partial charge in [0.1, 0.15) is 0 Å². The summed E-state index contributed by atoms with van der Waals surface area (Å²) < 4.78 is 0. The van der Waals surface area contributed by atoms with Crippen molar-refractivity contribution in [3.8, 4) is 0 Å². The average molecular weight is 252 g/mol. The van der Waals surface area contributed by atoms with Crippen LogP contribution in [0.5, 0.6) is 0 Å². The molecule has 1 aromatic carbocycles. The highest BCUT2D eigenvalue weighted by Gasteiger charge is 2.32. The number of aliphatic hydroxyl groups is 1. The van der Waals surface area contributed by atoms with E-state index in [-0.39, 0.29) is 0 Å². The SMILES string of the molecule is CSc1cccc(N2CCC(C)(O)C2)c1CN. The Morgan fingerprint density at radius 2 is 2.29 bits per heavy atom. The lowest BCUT2D eigenvalue weighted by atomic mass is 10.1. The van der Waals surface area contributed by atoms with Crippen LogP contribution in [0.25, 0.3) is 0 Å². The maximum absolute atomic E-state index is 10.0. The molecule has 0 radical (unpaired) electrons. The number of nitrogens with two attached hydrogens (primary N) is 1. The molecule has 4 heteroatoms. The largest absolute Gasteiger partial charge is 0.388 e. The van der Waals surface area contributed by atoms with Gasteiger partial charge in [0.2, 0.25) is 0 Å². The number of rotatable bonds is 3. The van der Waals surface area contributed by atoms with Crippen LogP contribution in [0.15, 0.2) is 23.1 Å². The molecule has 1 fully saturated rings. The third-order valence-corrected chi connectivity index (χ3v) is 4.15. The predicted molar refractivity (Wildman–Crippen MR) is 73.6 cm³/mol. The highest BCUT2D eigenvalue weighted by molar-refractivity contribution is 7.98. The molecule has 1 aliphatic heterocycles. The van der Waals surface area contributed by atoms with Crippen molar-refractivity contribution < 1.29 is 5.11 Å². The Morgan fingerprint density at radius 1 is 1.53 bits per heavy atom. The molecule has 0 amide bonds. The van der Waals surface area contributed by atoms with Crippen molar-refractivity contribution in [1.82, 2.24) is 0 Å². The summed E-state index contributed by atoms with van der Waals surface area (Å²) in [5.74, 6) is 0. The van der Waals surface area contributed by atoms with Crippen molar-refractivity contribution in [3.63, 3.8) is 0 Å². The fourth-order valence-corrected chi connectivity index (χ4v) is 3.05. The van der Waals surface area contributed by atoms with Crippen LogP contribution in [-0.4, -0.2) is 30.1 Å². The van der Waals surface area contributed by atoms with Crippen LogP contribution < -0.4 is 10.6 Å². The Morgan fingerprint density at radius 3 is 2.82 bits per heavy atom. The van der Waals surface area contributed by atoms with Gasteiger partial charge in [-0.3, -0.25) is 0 Å². The zero-order chi connectivity index (χ0) is 12.5. The predicted octanol–water partition coefficient (Wildman–Crippen LogP) is 1.83. The molecule has 1 unspecified atom stereocenters. The normalized spacial score (nSPS) is 24.4. The number of hydrogen-bond donors (Lipinski definition) is 2. The van der Waals surface area contributed by atoms with Gasteiger partial charge >= 0.3 is 0 Å². The molecule has 94 valence electrons. The Hall–Kier alpha value is -0.710. The first kappa shape index (κ1) is 12.7. The van der Waals surface area contributed by atoms with Crippen LogP contribution in [0, 0.1) is 0 Å². The molecule has 1 saturated heterocycles. The molecule has 3 N–H and O–H groups in total. The number of thioether (sulfide) groups is 1. The van der Waals surface area contributed by atoms with Gasteiger partial charge in [-0.1, -0.05) is 6.07 Å². The van der Waals surface area contributed by atoms with Crippen LogP contribution in [0.1, 0.15) is 18.9 Å². The van der Waals surface area contributed by atoms with Crippen molar-refractivity contribution in [2.75, 3.05) is 24.2 Å². The Bertz CT molecular complexity index is 406. The highest BCUT2D eigenvalue weighted by Crippen LogP contribution is 2.33. The summed E-state index contributed by atoms with van der Waals surface area (Å²) in [6.07, 6.45) is 2.89. The molecular weight excluding hydrogens is 232 g/mol. The molecule has 0 aliphatic carbocycles. The number of benzene rings is 1. The Labute approximate surface area is 107 Å². The van der Waals surface area contributed by atoms with E-state index < -0.39 is 5.60 Å². The topological polar surface area (TPSA) is 49.5 Å². The van der Waals surface area contributed by atoms with E-state index in [4.69, 9.17) is 5.73 Å². The van der Waals surface area contributed by atoms with E-state index >= 15 is 0 Å². The molecule has 0 bridgehead atoms. The Balaban J connectivity index is 2.33. The number of β-amino-alcohol motifs (C(OH)–C–C–N with tert-alkyl or cyclic N) is 1. The summed E-state index contributed by atoms with van der Waals surface area (Å²) in [6, 6.07) is 6.27. The minimum Gasteiger partial charge on any atom is -0.388 e. The standard InChI is InChI=1S/C13H20N2OS/c1-13(16)6-7-15(9-13)11-4-3-5-12(17-2)10(11)8-14/h3-5,16H,6-9,14H2,1-2H3. The van der Waals surface area contributed by atoms with Gasteiger partial charge < -0.3 is 15.7 Å². The van der Waals surface area contributed by atoms with Gasteiger partial charge in [0.05, 0.1) is 5.60 Å². The highest BCUT2D eigenvalue weighted by atomic mass is 32.2. The Kier molecular flexibility index (Phi) is 3.66. The van der Waals surface area contributed by atoms with Gasteiger partial charge in [0, 0.05) is 35.8 Å². The smallest absolute Gasteiger partial charge is 0.0810 e. The zero-order valence-corrected chi connectivity index (χ0v) is 11.3. The first-order valence-electron chi connectivity index (χ1n) is 5.90. The maximum atomic E-state index is 10.0.